The van der Waals surface area contributed by atoms with Gasteiger partial charge in [-0.1, -0.05) is 36.4 Å². The van der Waals surface area contributed by atoms with Crippen molar-refractivity contribution in [1.29, 1.82) is 0 Å². The third-order valence-electron chi connectivity index (χ3n) is 5.58. The van der Waals surface area contributed by atoms with Crippen LogP contribution in [0.5, 0.6) is 0 Å². The van der Waals surface area contributed by atoms with E-state index in [2.05, 4.69) is 54.4 Å². The average Bonchev–Trinajstić information content (AvgIpc) is 3.23. The molecule has 0 N–H and O–H groups in total. The highest BCUT2D eigenvalue weighted by Gasteiger charge is 2.46. The molecule has 3 amide bonds. The molecule has 1 unspecified atom stereocenters. The van der Waals surface area contributed by atoms with Gasteiger partial charge in [0.1, 0.15) is 6.04 Å². The van der Waals surface area contributed by atoms with Crippen molar-refractivity contribution in [2.24, 2.45) is 0 Å². The van der Waals surface area contributed by atoms with Crippen LogP contribution in [0.1, 0.15) is 25.7 Å². The largest absolute Gasteiger partial charge is 0.374 e. The van der Waals surface area contributed by atoms with Gasteiger partial charge in [-0.2, -0.15) is 0 Å². The van der Waals surface area contributed by atoms with Crippen LogP contribution in [0.3, 0.4) is 0 Å². The van der Waals surface area contributed by atoms with E-state index in [1.807, 2.05) is 0 Å². The third-order valence-corrected chi connectivity index (χ3v) is 5.58. The maximum atomic E-state index is 12.3. The summed E-state index contributed by atoms with van der Waals surface area (Å²) in [4.78, 5) is 30.1. The van der Waals surface area contributed by atoms with E-state index in [1.54, 1.807) is 4.90 Å². The Hall–Kier alpha value is -2.56. The summed E-state index contributed by atoms with van der Waals surface area (Å²) in [5, 5.41) is 2.49. The second-order valence-electron chi connectivity index (χ2n) is 7.25. The Morgan fingerprint density at radius 3 is 2.73 bits per heavy atom. The number of carbonyl (C=O) groups is 2. The molecule has 0 saturated carbocycles. The van der Waals surface area contributed by atoms with Gasteiger partial charge in [-0.15, -0.1) is 0 Å². The monoisotopic (exact) mass is 351 g/mol. The zero-order chi connectivity index (χ0) is 18.1. The lowest BCUT2D eigenvalue weighted by Crippen LogP contribution is -2.34. The highest BCUT2D eigenvalue weighted by molar-refractivity contribution is 6.04. The van der Waals surface area contributed by atoms with Gasteiger partial charge in [-0.3, -0.25) is 9.69 Å². The molecule has 2 fully saturated rings. The molecule has 136 valence electrons. The molecule has 26 heavy (non-hydrogen) atoms. The van der Waals surface area contributed by atoms with Gasteiger partial charge in [0.05, 0.1) is 0 Å². The predicted molar refractivity (Wildman–Crippen MR) is 103 cm³/mol. The maximum Gasteiger partial charge on any atom is 0.327 e. The first-order valence-electron chi connectivity index (χ1n) is 9.48. The minimum Gasteiger partial charge on any atom is -0.374 e. The van der Waals surface area contributed by atoms with Crippen LogP contribution in [0.2, 0.25) is 0 Å². The highest BCUT2D eigenvalue weighted by Crippen LogP contribution is 2.28. The molecular weight excluding hydrogens is 326 g/mol. The molecule has 2 aromatic rings. The van der Waals surface area contributed by atoms with Crippen molar-refractivity contribution in [3.05, 3.63) is 42.5 Å². The van der Waals surface area contributed by atoms with E-state index in [1.165, 1.54) is 21.4 Å². The fourth-order valence-corrected chi connectivity index (χ4v) is 4.17. The Morgan fingerprint density at radius 1 is 1.08 bits per heavy atom. The normalized spacial score (nSPS) is 19.5. The molecule has 0 aromatic heterocycles. The molecule has 2 aromatic carbocycles. The number of unbranched alkanes of at least 4 members (excludes halogenated alkanes) is 1. The number of urea groups is 1. The molecule has 2 aliphatic heterocycles. The second kappa shape index (κ2) is 6.98. The van der Waals surface area contributed by atoms with E-state index in [0.29, 0.717) is 6.54 Å². The summed E-state index contributed by atoms with van der Waals surface area (Å²) >= 11 is 0. The van der Waals surface area contributed by atoms with E-state index in [0.717, 1.165) is 38.8 Å². The Labute approximate surface area is 154 Å². The van der Waals surface area contributed by atoms with Gasteiger partial charge >= 0.3 is 6.03 Å². The topological polar surface area (TPSA) is 43.9 Å². The number of anilines is 1. The van der Waals surface area contributed by atoms with Gasteiger partial charge in [0, 0.05) is 37.8 Å². The molecule has 5 nitrogen and oxygen atoms in total. The molecule has 5 heteroatoms. The first-order valence-corrected chi connectivity index (χ1v) is 9.48. The SMILES string of the molecule is CN(CCCCN1C(=O)C2CCCN2C1=O)c1cccc2ccccc12. The van der Waals surface area contributed by atoms with E-state index < -0.39 is 0 Å². The quantitative estimate of drug-likeness (QED) is 0.591. The average molecular weight is 351 g/mol. The smallest absolute Gasteiger partial charge is 0.327 e. The van der Waals surface area contributed by atoms with Crippen LogP contribution in [0, 0.1) is 0 Å². The van der Waals surface area contributed by atoms with Gasteiger partial charge < -0.3 is 9.80 Å². The molecule has 4 rings (SSSR count). The van der Waals surface area contributed by atoms with E-state index in [4.69, 9.17) is 0 Å². The lowest BCUT2D eigenvalue weighted by molar-refractivity contribution is -0.128. The summed E-state index contributed by atoms with van der Waals surface area (Å²) in [5.74, 6) is 0.00917. The molecule has 1 atom stereocenters. The van der Waals surface area contributed by atoms with Gasteiger partial charge in [-0.25, -0.2) is 4.79 Å². The summed E-state index contributed by atoms with van der Waals surface area (Å²) in [7, 11) is 2.10. The Bertz CT molecular complexity index is 808. The van der Waals surface area contributed by atoms with Crippen molar-refractivity contribution in [3.8, 4) is 0 Å². The first-order chi connectivity index (χ1) is 12.7. The van der Waals surface area contributed by atoms with Crippen molar-refractivity contribution in [2.75, 3.05) is 31.6 Å². The molecule has 0 aliphatic carbocycles. The molecule has 0 radical (unpaired) electrons. The summed E-state index contributed by atoms with van der Waals surface area (Å²) < 4.78 is 0. The summed E-state index contributed by atoms with van der Waals surface area (Å²) in [6.07, 6.45) is 3.56. The number of carbonyl (C=O) groups excluding carboxylic acids is 2. The van der Waals surface area contributed by atoms with Crippen LogP contribution < -0.4 is 4.90 Å². The number of hydrogen-bond donors (Lipinski definition) is 0. The van der Waals surface area contributed by atoms with Gasteiger partial charge in [0.15, 0.2) is 0 Å². The van der Waals surface area contributed by atoms with Crippen LogP contribution in [0.25, 0.3) is 10.8 Å². The number of hydrogen-bond acceptors (Lipinski definition) is 3. The fraction of sp³-hybridized carbons (Fsp3) is 0.429. The molecule has 0 spiro atoms. The Balaban J connectivity index is 1.32. The number of imide groups is 1. The van der Waals surface area contributed by atoms with Crippen molar-refractivity contribution in [1.82, 2.24) is 9.80 Å². The van der Waals surface area contributed by atoms with Crippen LogP contribution in [-0.4, -0.2) is 54.5 Å². The minimum atomic E-state index is -0.180. The lowest BCUT2D eigenvalue weighted by atomic mass is 10.1. The summed E-state index contributed by atoms with van der Waals surface area (Å²) in [5.41, 5.74) is 1.22. The van der Waals surface area contributed by atoms with Crippen LogP contribution in [-0.2, 0) is 4.79 Å². The van der Waals surface area contributed by atoms with Crippen molar-refractivity contribution in [2.45, 2.75) is 31.7 Å². The third kappa shape index (κ3) is 2.91. The lowest BCUT2D eigenvalue weighted by Gasteiger charge is -2.22. The number of nitrogens with zero attached hydrogens (tertiary/aromatic N) is 3. The van der Waals surface area contributed by atoms with Crippen molar-refractivity contribution >= 4 is 28.4 Å². The minimum absolute atomic E-state index is 0.00917. The van der Waals surface area contributed by atoms with Crippen LogP contribution >= 0.6 is 0 Å². The van der Waals surface area contributed by atoms with Gasteiger partial charge in [0.2, 0.25) is 0 Å². The molecule has 2 saturated heterocycles. The molecule has 2 heterocycles. The van der Waals surface area contributed by atoms with Crippen LogP contribution in [0.15, 0.2) is 42.5 Å². The maximum absolute atomic E-state index is 12.3. The second-order valence-corrected chi connectivity index (χ2v) is 7.25. The Kier molecular flexibility index (Phi) is 4.53. The van der Waals surface area contributed by atoms with E-state index in [-0.39, 0.29) is 18.0 Å². The van der Waals surface area contributed by atoms with Crippen molar-refractivity contribution in [3.63, 3.8) is 0 Å². The standard InChI is InChI=1S/C21H25N3O2/c1-22(18-11-6-9-16-8-2-3-10-17(16)18)13-4-5-14-24-20(25)19-12-7-15-23(19)21(24)26/h2-3,6,8-11,19H,4-5,7,12-15H2,1H3. The van der Waals surface area contributed by atoms with Gasteiger partial charge in [0.25, 0.3) is 5.91 Å². The Morgan fingerprint density at radius 2 is 1.88 bits per heavy atom. The molecule has 2 aliphatic rings. The molecule has 0 bridgehead atoms. The van der Waals surface area contributed by atoms with Crippen LogP contribution in [0.4, 0.5) is 10.5 Å². The number of benzene rings is 2. The summed E-state index contributed by atoms with van der Waals surface area (Å²) in [6, 6.07) is 14.5. The fourth-order valence-electron chi connectivity index (χ4n) is 4.17. The number of amides is 3. The highest BCUT2D eigenvalue weighted by atomic mass is 16.2. The first kappa shape index (κ1) is 16.9. The van der Waals surface area contributed by atoms with Crippen molar-refractivity contribution < 1.29 is 9.59 Å². The van der Waals surface area contributed by atoms with E-state index >= 15 is 0 Å². The van der Waals surface area contributed by atoms with E-state index in [9.17, 15) is 9.59 Å². The number of rotatable bonds is 6. The zero-order valence-corrected chi connectivity index (χ0v) is 15.2. The molecular formula is C21H25N3O2. The number of fused-ring (bicyclic) bond motifs is 2. The zero-order valence-electron chi connectivity index (χ0n) is 15.2. The predicted octanol–water partition coefficient (Wildman–Crippen LogP) is 3.48. The summed E-state index contributed by atoms with van der Waals surface area (Å²) in [6.45, 7) is 2.17. The van der Waals surface area contributed by atoms with Gasteiger partial charge in [-0.05, 0) is 37.1 Å².